The number of hydrogen-bond donors (Lipinski definition) is 2. The van der Waals surface area contributed by atoms with Gasteiger partial charge in [-0.1, -0.05) is 17.9 Å². The average molecular weight is 309 g/mol. The summed E-state index contributed by atoms with van der Waals surface area (Å²) in [5, 5.41) is 8.68. The molecule has 0 aliphatic carbocycles. The summed E-state index contributed by atoms with van der Waals surface area (Å²) in [6.45, 7) is 0.985. The Kier molecular flexibility index (Phi) is 5.76. The predicted octanol–water partition coefficient (Wildman–Crippen LogP) is 0.878. The van der Waals surface area contributed by atoms with Gasteiger partial charge in [-0.3, -0.25) is 0 Å². The Hall–Kier alpha value is -1.39. The molecule has 0 amide bonds. The highest BCUT2D eigenvalue weighted by Crippen LogP contribution is 2.14. The van der Waals surface area contributed by atoms with E-state index in [9.17, 15) is 8.42 Å². The van der Waals surface area contributed by atoms with Crippen LogP contribution < -0.4 is 4.72 Å². The predicted molar refractivity (Wildman–Crippen MR) is 79.2 cm³/mol. The van der Waals surface area contributed by atoms with Gasteiger partial charge in [0.2, 0.25) is 10.0 Å². The third kappa shape index (κ3) is 4.83. The normalized spacial score (nSPS) is 18.2. The van der Waals surface area contributed by atoms with Crippen molar-refractivity contribution in [2.24, 2.45) is 0 Å². The molecule has 5 nitrogen and oxygen atoms in total. The summed E-state index contributed by atoms with van der Waals surface area (Å²) in [6, 6.07) is 6.46. The first-order chi connectivity index (χ1) is 10.1. The number of aliphatic hydroxyl groups is 1. The molecule has 0 bridgehead atoms. The van der Waals surface area contributed by atoms with Gasteiger partial charge >= 0.3 is 0 Å². The summed E-state index contributed by atoms with van der Waals surface area (Å²) in [7, 11) is -3.55. The van der Waals surface area contributed by atoms with Crippen molar-refractivity contribution >= 4 is 10.0 Å². The zero-order chi connectivity index (χ0) is 15.1. The lowest BCUT2D eigenvalue weighted by atomic mass is 10.2. The quantitative estimate of drug-likeness (QED) is 0.792. The van der Waals surface area contributed by atoms with Crippen molar-refractivity contribution in [1.82, 2.24) is 4.72 Å². The summed E-state index contributed by atoms with van der Waals surface area (Å²) in [6.07, 6.45) is 2.19. The summed E-state index contributed by atoms with van der Waals surface area (Å²) in [4.78, 5) is 0.191. The highest BCUT2D eigenvalue weighted by atomic mass is 32.2. The molecule has 0 saturated carbocycles. The van der Waals surface area contributed by atoms with Crippen LogP contribution in [0.3, 0.4) is 0 Å². The Morgan fingerprint density at radius 1 is 1.43 bits per heavy atom. The monoisotopic (exact) mass is 309 g/mol. The van der Waals surface area contributed by atoms with Gasteiger partial charge in [-0.05, 0) is 31.0 Å². The van der Waals surface area contributed by atoms with E-state index < -0.39 is 10.0 Å². The van der Waals surface area contributed by atoms with Crippen molar-refractivity contribution in [3.8, 4) is 11.8 Å². The lowest BCUT2D eigenvalue weighted by molar-refractivity contribution is 0.114. The molecule has 1 saturated heterocycles. The Labute approximate surface area is 125 Å². The Morgan fingerprint density at radius 2 is 2.29 bits per heavy atom. The second kappa shape index (κ2) is 7.57. The van der Waals surface area contributed by atoms with Crippen LogP contribution in [-0.4, -0.2) is 39.4 Å². The zero-order valence-electron chi connectivity index (χ0n) is 11.7. The smallest absolute Gasteiger partial charge is 0.240 e. The summed E-state index contributed by atoms with van der Waals surface area (Å²) < 4.78 is 32.4. The second-order valence-corrected chi connectivity index (χ2v) is 6.56. The van der Waals surface area contributed by atoms with E-state index in [0.717, 1.165) is 12.8 Å². The molecule has 1 aliphatic rings. The number of sulfonamides is 1. The summed E-state index contributed by atoms with van der Waals surface area (Å²) in [5.74, 6) is 5.60. The molecular formula is C15H19NO4S. The molecular weight excluding hydrogens is 290 g/mol. The third-order valence-corrected chi connectivity index (χ3v) is 4.56. The van der Waals surface area contributed by atoms with Gasteiger partial charge in [0.15, 0.2) is 0 Å². The molecule has 2 rings (SSSR count). The third-order valence-electron chi connectivity index (χ3n) is 3.14. The fraction of sp³-hybridized carbons (Fsp3) is 0.467. The fourth-order valence-electron chi connectivity index (χ4n) is 2.05. The molecule has 21 heavy (non-hydrogen) atoms. The maximum Gasteiger partial charge on any atom is 0.240 e. The standard InChI is InChI=1S/C15H19NO4S/c17-9-2-1-5-13-6-3-8-15(11-13)21(18,19)16-12-14-7-4-10-20-14/h3,6,8,11,14,16-17H,2,4,7,9-10,12H2. The van der Waals surface area contributed by atoms with Crippen LogP contribution >= 0.6 is 0 Å². The number of hydrogen-bond acceptors (Lipinski definition) is 4. The van der Waals surface area contributed by atoms with Crippen LogP contribution in [0.2, 0.25) is 0 Å². The lowest BCUT2D eigenvalue weighted by Gasteiger charge is -2.11. The average Bonchev–Trinajstić information content (AvgIpc) is 2.99. The molecule has 1 fully saturated rings. The molecule has 1 aliphatic heterocycles. The highest BCUT2D eigenvalue weighted by molar-refractivity contribution is 7.89. The molecule has 1 aromatic rings. The van der Waals surface area contributed by atoms with Crippen LogP contribution in [0.15, 0.2) is 29.2 Å². The van der Waals surface area contributed by atoms with Gasteiger partial charge in [0.1, 0.15) is 0 Å². The molecule has 1 unspecified atom stereocenters. The van der Waals surface area contributed by atoms with E-state index in [2.05, 4.69) is 16.6 Å². The van der Waals surface area contributed by atoms with E-state index >= 15 is 0 Å². The van der Waals surface area contributed by atoms with Crippen molar-refractivity contribution in [3.63, 3.8) is 0 Å². The van der Waals surface area contributed by atoms with Gasteiger partial charge in [0.25, 0.3) is 0 Å². The van der Waals surface area contributed by atoms with Gasteiger partial charge in [0, 0.05) is 25.1 Å². The molecule has 1 heterocycles. The number of ether oxygens (including phenoxy) is 1. The van der Waals surface area contributed by atoms with Crippen LogP contribution in [0.4, 0.5) is 0 Å². The fourth-order valence-corrected chi connectivity index (χ4v) is 3.16. The van der Waals surface area contributed by atoms with E-state index in [4.69, 9.17) is 9.84 Å². The first-order valence-corrected chi connectivity index (χ1v) is 8.41. The minimum atomic E-state index is -3.55. The van der Waals surface area contributed by atoms with E-state index in [1.807, 2.05) is 0 Å². The van der Waals surface area contributed by atoms with E-state index in [1.165, 1.54) is 12.1 Å². The Bertz CT molecular complexity index is 625. The van der Waals surface area contributed by atoms with Crippen molar-refractivity contribution in [1.29, 1.82) is 0 Å². The first kappa shape index (κ1) is 16.0. The highest BCUT2D eigenvalue weighted by Gasteiger charge is 2.20. The molecule has 114 valence electrons. The molecule has 1 atom stereocenters. The molecule has 0 spiro atoms. The Balaban J connectivity index is 2.05. The maximum atomic E-state index is 12.2. The topological polar surface area (TPSA) is 75.6 Å². The largest absolute Gasteiger partial charge is 0.395 e. The van der Waals surface area contributed by atoms with E-state index in [1.54, 1.807) is 12.1 Å². The van der Waals surface area contributed by atoms with Crippen molar-refractivity contribution in [2.45, 2.75) is 30.3 Å². The lowest BCUT2D eigenvalue weighted by Crippen LogP contribution is -2.31. The van der Waals surface area contributed by atoms with E-state index in [-0.39, 0.29) is 17.6 Å². The summed E-state index contributed by atoms with van der Waals surface area (Å²) in [5.41, 5.74) is 0.614. The van der Waals surface area contributed by atoms with Crippen LogP contribution in [0.1, 0.15) is 24.8 Å². The number of aliphatic hydroxyl groups excluding tert-OH is 1. The Morgan fingerprint density at radius 3 is 3.00 bits per heavy atom. The molecule has 2 N–H and O–H groups in total. The second-order valence-electron chi connectivity index (χ2n) is 4.79. The van der Waals surface area contributed by atoms with Gasteiger partial charge in [-0.15, -0.1) is 0 Å². The first-order valence-electron chi connectivity index (χ1n) is 6.93. The van der Waals surface area contributed by atoms with Crippen molar-refractivity contribution in [2.75, 3.05) is 19.8 Å². The number of benzene rings is 1. The minimum Gasteiger partial charge on any atom is -0.395 e. The van der Waals surface area contributed by atoms with Crippen LogP contribution in [-0.2, 0) is 14.8 Å². The summed E-state index contributed by atoms with van der Waals surface area (Å²) >= 11 is 0. The van der Waals surface area contributed by atoms with Gasteiger partial charge in [0.05, 0.1) is 17.6 Å². The number of rotatable bonds is 5. The van der Waals surface area contributed by atoms with Crippen molar-refractivity contribution < 1.29 is 18.3 Å². The van der Waals surface area contributed by atoms with Crippen LogP contribution in [0.5, 0.6) is 0 Å². The van der Waals surface area contributed by atoms with Crippen LogP contribution in [0.25, 0.3) is 0 Å². The minimum absolute atomic E-state index is 0.00602. The molecule has 6 heteroatoms. The molecule has 1 aromatic carbocycles. The SMILES string of the molecule is O=S(=O)(NCC1CCCO1)c1cccc(C#CCCO)c1. The van der Waals surface area contributed by atoms with E-state index in [0.29, 0.717) is 25.1 Å². The molecule has 0 radical (unpaired) electrons. The molecule has 0 aromatic heterocycles. The van der Waals surface area contributed by atoms with Gasteiger partial charge in [-0.25, -0.2) is 13.1 Å². The van der Waals surface area contributed by atoms with Crippen molar-refractivity contribution in [3.05, 3.63) is 29.8 Å². The van der Waals surface area contributed by atoms with Gasteiger partial charge < -0.3 is 9.84 Å². The number of nitrogens with one attached hydrogen (secondary N) is 1. The maximum absolute atomic E-state index is 12.2. The zero-order valence-corrected chi connectivity index (χ0v) is 12.5. The van der Waals surface area contributed by atoms with Gasteiger partial charge in [-0.2, -0.15) is 0 Å². The van der Waals surface area contributed by atoms with Crippen LogP contribution in [0, 0.1) is 11.8 Å².